The Hall–Kier alpha value is -6.60. The molecule has 0 unspecified atom stereocenters. The number of nitrogens with two attached hydrogens (primary N) is 1. The Bertz CT molecular complexity index is 1920. The van der Waals surface area contributed by atoms with Crippen LogP contribution < -0.4 is 11.1 Å². The zero-order chi connectivity index (χ0) is 36.6. The predicted molar refractivity (Wildman–Crippen MR) is 210 cm³/mol. The second kappa shape index (κ2) is 20.2. The number of amides is 1. The Kier molecular flexibility index (Phi) is 15.4. The van der Waals surface area contributed by atoms with E-state index < -0.39 is 17.8 Å². The van der Waals surface area contributed by atoms with Crippen molar-refractivity contribution in [3.8, 4) is 0 Å². The molecule has 0 aliphatic carbocycles. The van der Waals surface area contributed by atoms with E-state index in [0.717, 1.165) is 22.3 Å². The third-order valence-corrected chi connectivity index (χ3v) is 7.92. The molecule has 0 heterocycles. The molecule has 264 valence electrons. The van der Waals surface area contributed by atoms with E-state index in [4.69, 9.17) is 5.73 Å². The number of benzene rings is 6. The summed E-state index contributed by atoms with van der Waals surface area (Å²) in [6, 6.07) is 51.8. The fourth-order valence-corrected chi connectivity index (χ4v) is 5.28. The van der Waals surface area contributed by atoms with Crippen LogP contribution in [-0.2, 0) is 9.59 Å². The van der Waals surface area contributed by atoms with E-state index in [-0.39, 0.29) is 24.9 Å². The number of carboxylic acids is 1. The molecule has 0 bridgehead atoms. The van der Waals surface area contributed by atoms with Crippen molar-refractivity contribution in [3.63, 3.8) is 0 Å². The third-order valence-electron chi connectivity index (χ3n) is 7.92. The van der Waals surface area contributed by atoms with Crippen LogP contribution in [0.1, 0.15) is 76.1 Å². The third kappa shape index (κ3) is 11.8. The number of Topliss-reactive ketones (excluding diaryl/α,β-unsaturated/α-hetero) is 2. The molecule has 0 saturated heterocycles. The maximum Gasteiger partial charge on any atom is 0.315 e. The molecule has 7 nitrogen and oxygen atoms in total. The standard InChI is InChI=1S/C22H19NO2.C14H12O2.C8H9NO.CH4/c1-16(24)17-12-14-20(15-13-17)23-22(25)21(18-8-4-2-5-9-18)19-10-6-3-7-11-19;15-14(16)13(11-7-3-1-4-8-11)12-9-5-2-6-10-12;1-6(10)7-2-4-8(9)5-3-7;/h2-15,21H,1H3,(H,23,25);1-10,13H,(H,15,16);2-5H,9H2,1H3;1H4. The van der Waals surface area contributed by atoms with Gasteiger partial charge in [-0.3, -0.25) is 19.2 Å². The van der Waals surface area contributed by atoms with Crippen LogP contribution in [0.4, 0.5) is 11.4 Å². The van der Waals surface area contributed by atoms with Crippen molar-refractivity contribution in [1.29, 1.82) is 0 Å². The van der Waals surface area contributed by atoms with Gasteiger partial charge in [0.1, 0.15) is 5.92 Å². The average molecular weight is 693 g/mol. The molecule has 1 amide bonds. The molecular formula is C45H44N2O5. The van der Waals surface area contributed by atoms with E-state index >= 15 is 0 Å². The normalized spacial score (nSPS) is 10.0. The summed E-state index contributed by atoms with van der Waals surface area (Å²) >= 11 is 0. The molecule has 6 aromatic carbocycles. The summed E-state index contributed by atoms with van der Waals surface area (Å²) in [5.74, 6) is -1.83. The van der Waals surface area contributed by atoms with E-state index in [2.05, 4.69) is 5.32 Å². The van der Waals surface area contributed by atoms with Crippen molar-refractivity contribution < 1.29 is 24.3 Å². The van der Waals surface area contributed by atoms with Crippen molar-refractivity contribution in [2.75, 3.05) is 11.1 Å². The van der Waals surface area contributed by atoms with Gasteiger partial charge in [-0.2, -0.15) is 0 Å². The highest BCUT2D eigenvalue weighted by Crippen LogP contribution is 2.27. The van der Waals surface area contributed by atoms with Gasteiger partial charge in [-0.1, -0.05) is 129 Å². The van der Waals surface area contributed by atoms with E-state index in [9.17, 15) is 24.3 Å². The number of anilines is 2. The van der Waals surface area contributed by atoms with Crippen molar-refractivity contribution in [1.82, 2.24) is 0 Å². The molecule has 0 atom stereocenters. The largest absolute Gasteiger partial charge is 0.481 e. The molecule has 0 radical (unpaired) electrons. The molecule has 4 N–H and O–H groups in total. The first kappa shape index (κ1) is 39.8. The molecular weight excluding hydrogens is 649 g/mol. The Morgan fingerprint density at radius 2 is 0.788 bits per heavy atom. The number of nitrogens with one attached hydrogen (secondary N) is 1. The summed E-state index contributed by atoms with van der Waals surface area (Å²) in [7, 11) is 0. The minimum absolute atomic E-state index is 0. The van der Waals surface area contributed by atoms with Gasteiger partial charge in [-0.05, 0) is 84.6 Å². The maximum atomic E-state index is 13.0. The summed E-state index contributed by atoms with van der Waals surface area (Å²) in [6.45, 7) is 3.06. The zero-order valence-corrected chi connectivity index (χ0v) is 28.5. The molecule has 52 heavy (non-hydrogen) atoms. The van der Waals surface area contributed by atoms with Gasteiger partial charge in [0.25, 0.3) is 0 Å². The molecule has 0 aliphatic heterocycles. The molecule has 0 spiro atoms. The van der Waals surface area contributed by atoms with Gasteiger partial charge in [0.05, 0.1) is 5.92 Å². The van der Waals surface area contributed by atoms with Crippen LogP contribution in [-0.4, -0.2) is 28.5 Å². The molecule has 0 saturated carbocycles. The number of carboxylic acid groups (broad SMARTS) is 1. The summed E-state index contributed by atoms with van der Waals surface area (Å²) in [6.07, 6.45) is 0. The van der Waals surface area contributed by atoms with Gasteiger partial charge in [0, 0.05) is 22.5 Å². The lowest BCUT2D eigenvalue weighted by Crippen LogP contribution is -2.22. The number of carbonyl (C=O) groups excluding carboxylic acids is 3. The zero-order valence-electron chi connectivity index (χ0n) is 28.5. The van der Waals surface area contributed by atoms with E-state index in [1.165, 1.54) is 13.8 Å². The first-order valence-electron chi connectivity index (χ1n) is 16.3. The maximum absolute atomic E-state index is 13.0. The first-order valence-corrected chi connectivity index (χ1v) is 16.3. The molecule has 0 aliphatic rings. The minimum Gasteiger partial charge on any atom is -0.481 e. The van der Waals surface area contributed by atoms with Crippen LogP contribution in [0.5, 0.6) is 0 Å². The van der Waals surface area contributed by atoms with E-state index in [1.807, 2.05) is 121 Å². The Labute approximate surface area is 305 Å². The van der Waals surface area contributed by atoms with Gasteiger partial charge in [0.15, 0.2) is 11.6 Å². The van der Waals surface area contributed by atoms with Crippen LogP contribution in [0.2, 0.25) is 0 Å². The Morgan fingerprint density at radius 1 is 0.481 bits per heavy atom. The fraction of sp³-hybridized carbons (Fsp3) is 0.111. The lowest BCUT2D eigenvalue weighted by Gasteiger charge is -2.18. The van der Waals surface area contributed by atoms with E-state index in [0.29, 0.717) is 22.5 Å². The molecule has 0 aromatic heterocycles. The highest BCUT2D eigenvalue weighted by molar-refractivity contribution is 5.99. The summed E-state index contributed by atoms with van der Waals surface area (Å²) in [5.41, 5.74) is 11.6. The van der Waals surface area contributed by atoms with Crippen LogP contribution in [0.25, 0.3) is 0 Å². The van der Waals surface area contributed by atoms with Crippen molar-refractivity contribution >= 4 is 34.8 Å². The molecule has 6 aromatic rings. The fourth-order valence-electron chi connectivity index (χ4n) is 5.28. The molecule has 7 heteroatoms. The Balaban J connectivity index is 0.000000231. The number of hydrogen-bond acceptors (Lipinski definition) is 5. The topological polar surface area (TPSA) is 127 Å². The number of rotatable bonds is 9. The number of hydrogen-bond donors (Lipinski definition) is 3. The number of aliphatic carboxylic acids is 1. The highest BCUT2D eigenvalue weighted by Gasteiger charge is 2.23. The van der Waals surface area contributed by atoms with E-state index in [1.54, 1.807) is 48.5 Å². The predicted octanol–water partition coefficient (Wildman–Crippen LogP) is 9.67. The number of nitrogen functional groups attached to an aromatic ring is 1. The second-order valence-electron chi connectivity index (χ2n) is 11.6. The quantitative estimate of drug-likeness (QED) is 0.102. The van der Waals surface area contributed by atoms with Crippen LogP contribution in [0.15, 0.2) is 170 Å². The second-order valence-corrected chi connectivity index (χ2v) is 11.6. The van der Waals surface area contributed by atoms with Gasteiger partial charge in [0.2, 0.25) is 5.91 Å². The molecule has 6 rings (SSSR count). The summed E-state index contributed by atoms with van der Waals surface area (Å²) in [5, 5.41) is 12.2. The van der Waals surface area contributed by atoms with Crippen LogP contribution >= 0.6 is 0 Å². The number of carbonyl (C=O) groups is 4. The summed E-state index contributed by atoms with van der Waals surface area (Å²) in [4.78, 5) is 46.3. The van der Waals surface area contributed by atoms with Gasteiger partial charge < -0.3 is 16.2 Å². The van der Waals surface area contributed by atoms with Crippen LogP contribution in [0, 0.1) is 0 Å². The van der Waals surface area contributed by atoms with Gasteiger partial charge in [-0.15, -0.1) is 0 Å². The lowest BCUT2D eigenvalue weighted by molar-refractivity contribution is -0.137. The van der Waals surface area contributed by atoms with Crippen molar-refractivity contribution in [3.05, 3.63) is 203 Å². The molecule has 0 fully saturated rings. The van der Waals surface area contributed by atoms with Crippen LogP contribution in [0.3, 0.4) is 0 Å². The lowest BCUT2D eigenvalue weighted by atomic mass is 9.90. The van der Waals surface area contributed by atoms with Gasteiger partial charge >= 0.3 is 5.97 Å². The van der Waals surface area contributed by atoms with Gasteiger partial charge in [-0.25, -0.2) is 0 Å². The summed E-state index contributed by atoms with van der Waals surface area (Å²) < 4.78 is 0. The average Bonchev–Trinajstić information content (AvgIpc) is 3.14. The van der Waals surface area contributed by atoms with Crippen molar-refractivity contribution in [2.24, 2.45) is 0 Å². The van der Waals surface area contributed by atoms with Crippen molar-refractivity contribution in [2.45, 2.75) is 33.1 Å². The first-order chi connectivity index (χ1) is 24.6. The SMILES string of the molecule is C.CC(=O)c1ccc(N)cc1.CC(=O)c1ccc(NC(=O)C(c2ccccc2)c2ccccc2)cc1.O=C(O)C(c1ccccc1)c1ccccc1. The Morgan fingerprint density at radius 3 is 1.10 bits per heavy atom. The minimum atomic E-state index is -0.822. The number of ketones is 2. The monoisotopic (exact) mass is 692 g/mol. The smallest absolute Gasteiger partial charge is 0.315 e. The highest BCUT2D eigenvalue weighted by atomic mass is 16.4.